The molecule has 0 aromatic heterocycles. The second kappa shape index (κ2) is 10.7. The quantitative estimate of drug-likeness (QED) is 0.728. The van der Waals surface area contributed by atoms with Crippen LogP contribution >= 0.6 is 35.6 Å². The first-order valence-corrected chi connectivity index (χ1v) is 7.33. The molecule has 0 aliphatic carbocycles. The molecule has 124 valence electrons. The summed E-state index contributed by atoms with van der Waals surface area (Å²) in [5.74, 6) is -0.340. The summed E-state index contributed by atoms with van der Waals surface area (Å²) in [6, 6.07) is 4.82. The molecule has 0 unspecified atom stereocenters. The molecular formula is C14H20Cl3N3O2. The van der Waals surface area contributed by atoms with Gasteiger partial charge >= 0.3 is 0 Å². The lowest BCUT2D eigenvalue weighted by Crippen LogP contribution is -2.35. The Morgan fingerprint density at radius 3 is 2.50 bits per heavy atom. The highest BCUT2D eigenvalue weighted by molar-refractivity contribution is 6.42. The van der Waals surface area contributed by atoms with Crippen molar-refractivity contribution in [2.45, 2.75) is 12.8 Å². The van der Waals surface area contributed by atoms with Crippen LogP contribution in [0.1, 0.15) is 12.8 Å². The van der Waals surface area contributed by atoms with Crippen LogP contribution in [0.15, 0.2) is 18.2 Å². The fraction of sp³-hybridized carbons (Fsp3) is 0.429. The SMILES string of the molecule is CNCCCC(=O)N(C)CC(=O)Nc1ccc(Cl)c(Cl)c1.Cl. The number of rotatable bonds is 7. The van der Waals surface area contributed by atoms with Crippen LogP contribution in [0.2, 0.25) is 10.0 Å². The van der Waals surface area contributed by atoms with E-state index in [-0.39, 0.29) is 30.8 Å². The summed E-state index contributed by atoms with van der Waals surface area (Å²) in [6.45, 7) is 0.772. The standard InChI is InChI=1S/C14H19Cl2N3O2.ClH/c1-17-7-3-4-14(21)19(2)9-13(20)18-10-5-6-11(15)12(16)8-10;/h5-6,8,17H,3-4,7,9H2,1-2H3,(H,18,20);1H. The zero-order valence-electron chi connectivity index (χ0n) is 12.5. The molecule has 0 spiro atoms. The van der Waals surface area contributed by atoms with Crippen molar-refractivity contribution in [3.05, 3.63) is 28.2 Å². The normalized spacial score (nSPS) is 9.82. The summed E-state index contributed by atoms with van der Waals surface area (Å²) >= 11 is 11.7. The van der Waals surface area contributed by atoms with Crippen molar-refractivity contribution < 1.29 is 9.59 Å². The molecule has 8 heteroatoms. The monoisotopic (exact) mass is 367 g/mol. The van der Waals surface area contributed by atoms with Gasteiger partial charge in [-0.05, 0) is 38.2 Å². The highest BCUT2D eigenvalue weighted by atomic mass is 35.5. The summed E-state index contributed by atoms with van der Waals surface area (Å²) in [5, 5.41) is 6.44. The van der Waals surface area contributed by atoms with Gasteiger partial charge in [0.2, 0.25) is 11.8 Å². The molecular weight excluding hydrogens is 349 g/mol. The molecule has 0 bridgehead atoms. The molecule has 22 heavy (non-hydrogen) atoms. The van der Waals surface area contributed by atoms with Gasteiger partial charge in [-0.15, -0.1) is 12.4 Å². The van der Waals surface area contributed by atoms with Gasteiger partial charge in [0, 0.05) is 19.2 Å². The molecule has 2 amide bonds. The molecule has 0 fully saturated rings. The number of hydrogen-bond donors (Lipinski definition) is 2. The van der Waals surface area contributed by atoms with E-state index in [0.29, 0.717) is 22.2 Å². The third-order valence-corrected chi connectivity index (χ3v) is 3.57. The van der Waals surface area contributed by atoms with Gasteiger partial charge in [0.05, 0.1) is 16.6 Å². The molecule has 0 radical (unpaired) electrons. The molecule has 0 heterocycles. The number of benzene rings is 1. The van der Waals surface area contributed by atoms with E-state index >= 15 is 0 Å². The van der Waals surface area contributed by atoms with Gasteiger partial charge in [0.15, 0.2) is 0 Å². The Kier molecular flexibility index (Phi) is 10.2. The summed E-state index contributed by atoms with van der Waals surface area (Å²) in [4.78, 5) is 25.0. The predicted molar refractivity (Wildman–Crippen MR) is 93.1 cm³/mol. The van der Waals surface area contributed by atoms with Crippen molar-refractivity contribution in [2.75, 3.05) is 32.5 Å². The Labute approximate surface area is 146 Å². The van der Waals surface area contributed by atoms with Gasteiger partial charge in [0.25, 0.3) is 0 Å². The number of amides is 2. The van der Waals surface area contributed by atoms with Crippen LogP contribution in [-0.4, -0.2) is 43.9 Å². The van der Waals surface area contributed by atoms with Crippen molar-refractivity contribution in [3.8, 4) is 0 Å². The molecule has 0 aliphatic rings. The van der Waals surface area contributed by atoms with Crippen molar-refractivity contribution >= 4 is 53.1 Å². The van der Waals surface area contributed by atoms with Crippen LogP contribution in [-0.2, 0) is 9.59 Å². The van der Waals surface area contributed by atoms with Crippen LogP contribution in [0.3, 0.4) is 0 Å². The van der Waals surface area contributed by atoms with Crippen LogP contribution in [0.25, 0.3) is 0 Å². The average molecular weight is 369 g/mol. The third-order valence-electron chi connectivity index (χ3n) is 2.83. The minimum atomic E-state index is -0.280. The van der Waals surface area contributed by atoms with Crippen molar-refractivity contribution in [2.24, 2.45) is 0 Å². The maximum Gasteiger partial charge on any atom is 0.243 e. The number of nitrogens with zero attached hydrogens (tertiary/aromatic N) is 1. The Hall–Kier alpha value is -1.01. The highest BCUT2D eigenvalue weighted by Gasteiger charge is 2.13. The lowest BCUT2D eigenvalue weighted by Gasteiger charge is -2.17. The predicted octanol–water partition coefficient (Wildman–Crippen LogP) is 2.81. The van der Waals surface area contributed by atoms with Crippen molar-refractivity contribution in [3.63, 3.8) is 0 Å². The Morgan fingerprint density at radius 2 is 1.91 bits per heavy atom. The summed E-state index contributed by atoms with van der Waals surface area (Å²) in [7, 11) is 3.44. The minimum Gasteiger partial charge on any atom is -0.336 e. The number of carbonyl (C=O) groups excluding carboxylic acids is 2. The lowest BCUT2D eigenvalue weighted by molar-refractivity contribution is -0.133. The second-order valence-corrected chi connectivity index (χ2v) is 5.45. The van der Waals surface area contributed by atoms with Crippen LogP contribution in [0, 0.1) is 0 Å². The third kappa shape index (κ3) is 7.31. The minimum absolute atomic E-state index is 0. The van der Waals surface area contributed by atoms with Crippen molar-refractivity contribution in [1.29, 1.82) is 0 Å². The molecule has 2 N–H and O–H groups in total. The summed E-state index contributed by atoms with van der Waals surface area (Å²) in [6.07, 6.45) is 1.16. The maximum atomic E-state index is 11.9. The van der Waals surface area contributed by atoms with Gasteiger partial charge in [0.1, 0.15) is 0 Å². The number of nitrogens with one attached hydrogen (secondary N) is 2. The van der Waals surface area contributed by atoms with E-state index in [1.54, 1.807) is 25.2 Å². The van der Waals surface area contributed by atoms with Gasteiger partial charge in [-0.2, -0.15) is 0 Å². The number of halogens is 3. The maximum absolute atomic E-state index is 11.9. The fourth-order valence-corrected chi connectivity index (χ4v) is 1.98. The average Bonchev–Trinajstić information content (AvgIpc) is 2.43. The number of anilines is 1. The number of likely N-dealkylation sites (N-methyl/N-ethyl adjacent to an activating group) is 1. The number of carbonyl (C=O) groups is 2. The first-order valence-electron chi connectivity index (χ1n) is 6.57. The topological polar surface area (TPSA) is 61.4 Å². The smallest absolute Gasteiger partial charge is 0.243 e. The zero-order valence-corrected chi connectivity index (χ0v) is 14.8. The van der Waals surface area contributed by atoms with E-state index in [0.717, 1.165) is 13.0 Å². The van der Waals surface area contributed by atoms with Gasteiger partial charge in [-0.1, -0.05) is 23.2 Å². The fourth-order valence-electron chi connectivity index (χ4n) is 1.69. The highest BCUT2D eigenvalue weighted by Crippen LogP contribution is 2.24. The van der Waals surface area contributed by atoms with Crippen LogP contribution in [0.4, 0.5) is 5.69 Å². The molecule has 1 aromatic carbocycles. The molecule has 1 aromatic rings. The molecule has 0 saturated carbocycles. The van der Waals surface area contributed by atoms with Gasteiger partial charge in [-0.25, -0.2) is 0 Å². The molecule has 5 nitrogen and oxygen atoms in total. The van der Waals surface area contributed by atoms with E-state index < -0.39 is 0 Å². The van der Waals surface area contributed by atoms with E-state index in [2.05, 4.69) is 10.6 Å². The molecule has 1 rings (SSSR count). The van der Waals surface area contributed by atoms with Gasteiger partial charge in [-0.3, -0.25) is 9.59 Å². The van der Waals surface area contributed by atoms with E-state index in [1.165, 1.54) is 4.90 Å². The zero-order chi connectivity index (χ0) is 15.8. The molecule has 0 saturated heterocycles. The first-order chi connectivity index (χ1) is 9.93. The Morgan fingerprint density at radius 1 is 1.23 bits per heavy atom. The molecule has 0 atom stereocenters. The van der Waals surface area contributed by atoms with Gasteiger partial charge < -0.3 is 15.5 Å². The summed E-state index contributed by atoms with van der Waals surface area (Å²) < 4.78 is 0. The Bertz CT molecular complexity index is 512. The van der Waals surface area contributed by atoms with Crippen molar-refractivity contribution in [1.82, 2.24) is 10.2 Å². The van der Waals surface area contributed by atoms with E-state index in [9.17, 15) is 9.59 Å². The number of hydrogen-bond acceptors (Lipinski definition) is 3. The Balaban J connectivity index is 0.00000441. The van der Waals surface area contributed by atoms with Crippen LogP contribution < -0.4 is 10.6 Å². The lowest BCUT2D eigenvalue weighted by atomic mass is 10.2. The first kappa shape index (κ1) is 21.0. The van der Waals surface area contributed by atoms with E-state index in [4.69, 9.17) is 23.2 Å². The molecule has 0 aliphatic heterocycles. The second-order valence-electron chi connectivity index (χ2n) is 4.63. The largest absolute Gasteiger partial charge is 0.336 e. The summed E-state index contributed by atoms with van der Waals surface area (Å²) in [5.41, 5.74) is 0.547. The van der Waals surface area contributed by atoms with E-state index in [1.807, 2.05) is 7.05 Å². The van der Waals surface area contributed by atoms with Crippen LogP contribution in [0.5, 0.6) is 0 Å².